The molecule has 0 fully saturated rings. The molecule has 0 atom stereocenters. The lowest BCUT2D eigenvalue weighted by Crippen LogP contribution is -2.02. The van der Waals surface area contributed by atoms with Gasteiger partial charge in [-0.3, -0.25) is 0 Å². The van der Waals surface area contributed by atoms with E-state index in [1.54, 1.807) is 0 Å². The van der Waals surface area contributed by atoms with Crippen molar-refractivity contribution >= 4 is 16.7 Å². The molecule has 1 heterocycles. The van der Waals surface area contributed by atoms with E-state index in [1.807, 2.05) is 36.4 Å². The fraction of sp³-hybridized carbons (Fsp3) is 0.440. The first-order chi connectivity index (χ1) is 14.3. The van der Waals surface area contributed by atoms with Gasteiger partial charge in [0.2, 0.25) is 0 Å². The number of para-hydroxylation sites is 1. The molecule has 3 aromatic rings. The molecule has 0 bridgehead atoms. The van der Waals surface area contributed by atoms with Gasteiger partial charge in [0.15, 0.2) is 0 Å². The van der Waals surface area contributed by atoms with Crippen molar-refractivity contribution in [3.8, 4) is 5.75 Å². The number of ether oxygens (including phenoxy) is 1. The van der Waals surface area contributed by atoms with Crippen LogP contribution >= 0.6 is 0 Å². The Kier molecular flexibility index (Phi) is 8.29. The molecule has 0 amide bonds. The van der Waals surface area contributed by atoms with Gasteiger partial charge in [-0.1, -0.05) is 76.1 Å². The Morgan fingerprint density at radius 1 is 0.793 bits per heavy atom. The topological polar surface area (TPSA) is 61.0 Å². The molecule has 0 saturated carbocycles. The smallest absolute Gasteiger partial charge is 0.135 e. The highest BCUT2D eigenvalue weighted by Crippen LogP contribution is 2.20. The zero-order valence-electron chi connectivity index (χ0n) is 17.6. The Balaban J connectivity index is 1.41. The standard InChI is InChI=1S/C25H33N3O/c1-2-3-4-5-6-7-8-11-18-29-21-16-14-20(15-17-21)19-24-27-23-13-10-9-12-22(23)25(26)28-24/h9-10,12-17H,2-8,11,18-19H2,1H3,(H2,26,27,28). The largest absolute Gasteiger partial charge is 0.494 e. The van der Waals surface area contributed by atoms with E-state index in [9.17, 15) is 0 Å². The molecular formula is C25H33N3O. The van der Waals surface area contributed by atoms with Gasteiger partial charge in [-0.2, -0.15) is 0 Å². The Morgan fingerprint density at radius 2 is 1.48 bits per heavy atom. The predicted octanol–water partition coefficient (Wildman–Crippen LogP) is 6.32. The van der Waals surface area contributed by atoms with E-state index in [0.717, 1.165) is 41.1 Å². The molecule has 0 saturated heterocycles. The molecule has 0 aliphatic carbocycles. The summed E-state index contributed by atoms with van der Waals surface area (Å²) in [6.45, 7) is 3.05. The van der Waals surface area contributed by atoms with E-state index < -0.39 is 0 Å². The van der Waals surface area contributed by atoms with Gasteiger partial charge in [-0.15, -0.1) is 0 Å². The summed E-state index contributed by atoms with van der Waals surface area (Å²) >= 11 is 0. The fourth-order valence-corrected chi connectivity index (χ4v) is 3.54. The first-order valence-corrected chi connectivity index (χ1v) is 11.0. The zero-order valence-corrected chi connectivity index (χ0v) is 17.6. The monoisotopic (exact) mass is 391 g/mol. The number of aromatic nitrogens is 2. The van der Waals surface area contributed by atoms with Crippen LogP contribution in [0.15, 0.2) is 48.5 Å². The lowest BCUT2D eigenvalue weighted by atomic mass is 10.1. The van der Waals surface area contributed by atoms with Crippen LogP contribution in [0.1, 0.15) is 69.7 Å². The van der Waals surface area contributed by atoms with Crippen molar-refractivity contribution in [2.24, 2.45) is 0 Å². The van der Waals surface area contributed by atoms with Gasteiger partial charge in [0.05, 0.1) is 12.1 Å². The van der Waals surface area contributed by atoms with Crippen LogP contribution in [-0.4, -0.2) is 16.6 Å². The molecule has 29 heavy (non-hydrogen) atoms. The maximum absolute atomic E-state index is 6.08. The molecule has 4 heteroatoms. The number of nitrogens with zero attached hydrogens (tertiary/aromatic N) is 2. The highest BCUT2D eigenvalue weighted by atomic mass is 16.5. The molecule has 0 unspecified atom stereocenters. The first kappa shape index (κ1) is 21.1. The minimum Gasteiger partial charge on any atom is -0.494 e. The van der Waals surface area contributed by atoms with E-state index in [-0.39, 0.29) is 0 Å². The highest BCUT2D eigenvalue weighted by Gasteiger charge is 2.06. The molecule has 4 nitrogen and oxygen atoms in total. The molecule has 2 aromatic carbocycles. The lowest BCUT2D eigenvalue weighted by molar-refractivity contribution is 0.304. The van der Waals surface area contributed by atoms with Crippen molar-refractivity contribution in [2.75, 3.05) is 12.3 Å². The Bertz CT molecular complexity index is 877. The molecule has 2 N–H and O–H groups in total. The summed E-state index contributed by atoms with van der Waals surface area (Å²) in [5.41, 5.74) is 8.12. The highest BCUT2D eigenvalue weighted by molar-refractivity contribution is 5.87. The maximum Gasteiger partial charge on any atom is 0.135 e. The number of unbranched alkanes of at least 4 members (excludes halogenated alkanes) is 7. The van der Waals surface area contributed by atoms with Crippen LogP contribution in [-0.2, 0) is 6.42 Å². The normalized spacial score (nSPS) is 11.1. The van der Waals surface area contributed by atoms with Crippen molar-refractivity contribution in [1.82, 2.24) is 9.97 Å². The number of anilines is 1. The molecule has 3 rings (SSSR count). The van der Waals surface area contributed by atoms with Crippen LogP contribution < -0.4 is 10.5 Å². The van der Waals surface area contributed by atoms with Crippen LogP contribution in [0, 0.1) is 0 Å². The second kappa shape index (κ2) is 11.4. The second-order valence-electron chi connectivity index (χ2n) is 7.69. The van der Waals surface area contributed by atoms with E-state index in [4.69, 9.17) is 10.5 Å². The zero-order chi connectivity index (χ0) is 20.3. The summed E-state index contributed by atoms with van der Waals surface area (Å²) in [6.07, 6.45) is 11.2. The van der Waals surface area contributed by atoms with Gasteiger partial charge in [0.1, 0.15) is 17.4 Å². The number of benzene rings is 2. The average molecular weight is 392 g/mol. The quantitative estimate of drug-likeness (QED) is 0.367. The molecule has 0 aliphatic heterocycles. The number of nitrogens with two attached hydrogens (primary N) is 1. The number of hydrogen-bond acceptors (Lipinski definition) is 4. The summed E-state index contributed by atoms with van der Waals surface area (Å²) in [6, 6.07) is 16.1. The van der Waals surface area contributed by atoms with Crippen LogP contribution in [0.5, 0.6) is 5.75 Å². The lowest BCUT2D eigenvalue weighted by Gasteiger charge is -2.08. The number of rotatable bonds is 12. The molecule has 0 spiro atoms. The third-order valence-electron chi connectivity index (χ3n) is 5.23. The van der Waals surface area contributed by atoms with Crippen molar-refractivity contribution < 1.29 is 4.74 Å². The third-order valence-corrected chi connectivity index (χ3v) is 5.23. The minimum atomic E-state index is 0.538. The number of fused-ring (bicyclic) bond motifs is 1. The van der Waals surface area contributed by atoms with Crippen LogP contribution in [0.2, 0.25) is 0 Å². The van der Waals surface area contributed by atoms with Crippen molar-refractivity contribution in [1.29, 1.82) is 0 Å². The molecule has 0 aliphatic rings. The molecular weight excluding hydrogens is 358 g/mol. The van der Waals surface area contributed by atoms with Gasteiger partial charge in [-0.25, -0.2) is 9.97 Å². The minimum absolute atomic E-state index is 0.538. The van der Waals surface area contributed by atoms with Crippen molar-refractivity contribution in [3.05, 3.63) is 59.9 Å². The number of hydrogen-bond donors (Lipinski definition) is 1. The summed E-state index contributed by atoms with van der Waals surface area (Å²) in [5.74, 6) is 2.21. The fourth-order valence-electron chi connectivity index (χ4n) is 3.54. The molecule has 1 aromatic heterocycles. The molecule has 0 radical (unpaired) electrons. The maximum atomic E-state index is 6.08. The van der Waals surface area contributed by atoms with Crippen LogP contribution in [0.4, 0.5) is 5.82 Å². The average Bonchev–Trinajstić information content (AvgIpc) is 2.74. The van der Waals surface area contributed by atoms with E-state index in [2.05, 4.69) is 29.0 Å². The SMILES string of the molecule is CCCCCCCCCCOc1ccc(Cc2nc(N)c3ccccc3n2)cc1. The van der Waals surface area contributed by atoms with E-state index in [1.165, 1.54) is 44.9 Å². The van der Waals surface area contributed by atoms with E-state index in [0.29, 0.717) is 12.2 Å². The Morgan fingerprint density at radius 3 is 2.24 bits per heavy atom. The van der Waals surface area contributed by atoms with Crippen molar-refractivity contribution in [2.45, 2.75) is 64.7 Å². The van der Waals surface area contributed by atoms with Crippen LogP contribution in [0.3, 0.4) is 0 Å². The third kappa shape index (κ3) is 6.74. The first-order valence-electron chi connectivity index (χ1n) is 11.0. The Labute approximate surface area is 174 Å². The van der Waals surface area contributed by atoms with Gasteiger partial charge in [0, 0.05) is 11.8 Å². The predicted molar refractivity (Wildman–Crippen MR) is 121 cm³/mol. The van der Waals surface area contributed by atoms with Gasteiger partial charge in [0.25, 0.3) is 0 Å². The second-order valence-corrected chi connectivity index (χ2v) is 7.69. The van der Waals surface area contributed by atoms with Gasteiger partial charge in [-0.05, 0) is 36.2 Å². The van der Waals surface area contributed by atoms with E-state index >= 15 is 0 Å². The van der Waals surface area contributed by atoms with Crippen molar-refractivity contribution in [3.63, 3.8) is 0 Å². The summed E-state index contributed by atoms with van der Waals surface area (Å²) in [5, 5.41) is 0.904. The Hall–Kier alpha value is -2.62. The summed E-state index contributed by atoms with van der Waals surface area (Å²) in [4.78, 5) is 9.09. The van der Waals surface area contributed by atoms with Crippen LogP contribution in [0.25, 0.3) is 10.9 Å². The summed E-state index contributed by atoms with van der Waals surface area (Å²) in [7, 11) is 0. The summed E-state index contributed by atoms with van der Waals surface area (Å²) < 4.78 is 5.88. The van der Waals surface area contributed by atoms with Gasteiger partial charge < -0.3 is 10.5 Å². The molecule has 154 valence electrons. The van der Waals surface area contributed by atoms with Gasteiger partial charge >= 0.3 is 0 Å². The number of nitrogen functional groups attached to an aromatic ring is 1.